The van der Waals surface area contributed by atoms with Crippen LogP contribution in [0.15, 0.2) is 29.5 Å². The fourth-order valence-electron chi connectivity index (χ4n) is 2.35. The van der Waals surface area contributed by atoms with E-state index < -0.39 is 5.41 Å². The third-order valence-corrected chi connectivity index (χ3v) is 3.77. The fourth-order valence-corrected chi connectivity index (χ4v) is 2.35. The van der Waals surface area contributed by atoms with Crippen LogP contribution in [0.3, 0.4) is 0 Å². The number of aromatic nitrogens is 2. The summed E-state index contributed by atoms with van der Waals surface area (Å²) in [5.74, 6) is 0.317. The first-order valence-electron chi connectivity index (χ1n) is 6.78. The van der Waals surface area contributed by atoms with Gasteiger partial charge in [0, 0.05) is 11.8 Å². The SMILES string of the molecule is CC(C)c1cc2ccc(C3=NNC(=O)C3(C)C)cn2n1. The van der Waals surface area contributed by atoms with Gasteiger partial charge in [-0.3, -0.25) is 4.79 Å². The first kappa shape index (κ1) is 12.8. The summed E-state index contributed by atoms with van der Waals surface area (Å²) in [5.41, 5.74) is 5.72. The summed E-state index contributed by atoms with van der Waals surface area (Å²) in [5, 5.41) is 8.73. The molecule has 0 aliphatic carbocycles. The second-order valence-corrected chi connectivity index (χ2v) is 6.04. The van der Waals surface area contributed by atoms with E-state index in [0.29, 0.717) is 5.92 Å². The van der Waals surface area contributed by atoms with E-state index in [-0.39, 0.29) is 5.91 Å². The van der Waals surface area contributed by atoms with E-state index in [1.165, 1.54) is 0 Å². The Bertz CT molecular complexity index is 725. The first-order valence-corrected chi connectivity index (χ1v) is 6.78. The molecule has 3 rings (SSSR count). The van der Waals surface area contributed by atoms with Crippen molar-refractivity contribution in [1.29, 1.82) is 0 Å². The number of hydrogen-bond donors (Lipinski definition) is 1. The van der Waals surface area contributed by atoms with E-state index in [1.807, 2.05) is 36.7 Å². The van der Waals surface area contributed by atoms with Gasteiger partial charge in [-0.15, -0.1) is 0 Å². The van der Waals surface area contributed by atoms with Crippen molar-refractivity contribution in [3.63, 3.8) is 0 Å². The number of hydrazone groups is 1. The minimum absolute atomic E-state index is 0.0732. The molecule has 1 amide bonds. The summed E-state index contributed by atoms with van der Waals surface area (Å²) >= 11 is 0. The van der Waals surface area contributed by atoms with Crippen molar-refractivity contribution >= 4 is 17.1 Å². The highest BCUT2D eigenvalue weighted by molar-refractivity contribution is 6.19. The van der Waals surface area contributed by atoms with Crippen LogP contribution in [0, 0.1) is 5.41 Å². The number of carbonyl (C=O) groups excluding carboxylic acids is 1. The standard InChI is InChI=1S/C15H18N4O/c1-9(2)12-7-11-6-5-10(8-19(11)18-12)13-15(3,4)14(20)17-16-13/h5-9H,1-4H3,(H,17,20). The van der Waals surface area contributed by atoms with Crippen molar-refractivity contribution in [3.8, 4) is 0 Å². The van der Waals surface area contributed by atoms with Crippen LogP contribution in [0.2, 0.25) is 0 Å². The number of nitrogens with zero attached hydrogens (tertiary/aromatic N) is 3. The Kier molecular flexibility index (Phi) is 2.67. The maximum atomic E-state index is 11.8. The number of hydrogen-bond acceptors (Lipinski definition) is 3. The molecule has 5 heteroatoms. The molecule has 0 fully saturated rings. The summed E-state index contributed by atoms with van der Waals surface area (Å²) in [6.45, 7) is 7.99. The van der Waals surface area contributed by atoms with Crippen molar-refractivity contribution in [2.75, 3.05) is 0 Å². The molecule has 0 radical (unpaired) electrons. The number of amides is 1. The Morgan fingerprint density at radius 2 is 2.05 bits per heavy atom. The summed E-state index contributed by atoms with van der Waals surface area (Å²) in [6.07, 6.45) is 1.93. The Morgan fingerprint density at radius 3 is 2.65 bits per heavy atom. The summed E-state index contributed by atoms with van der Waals surface area (Å²) in [6, 6.07) is 6.08. The van der Waals surface area contributed by atoms with Crippen molar-refractivity contribution in [1.82, 2.24) is 15.0 Å². The monoisotopic (exact) mass is 270 g/mol. The quantitative estimate of drug-likeness (QED) is 0.910. The molecule has 1 aliphatic rings. The molecular formula is C15H18N4O. The molecule has 0 unspecified atom stereocenters. The highest BCUT2D eigenvalue weighted by Crippen LogP contribution is 2.27. The van der Waals surface area contributed by atoms with Gasteiger partial charge in [0.1, 0.15) is 0 Å². The number of carbonyl (C=O) groups is 1. The molecule has 0 spiro atoms. The van der Waals surface area contributed by atoms with Crippen molar-refractivity contribution in [2.24, 2.45) is 10.5 Å². The molecule has 0 aromatic carbocycles. The van der Waals surface area contributed by atoms with E-state index >= 15 is 0 Å². The summed E-state index contributed by atoms with van der Waals surface area (Å²) < 4.78 is 1.85. The van der Waals surface area contributed by atoms with Gasteiger partial charge < -0.3 is 0 Å². The number of nitrogens with one attached hydrogen (secondary N) is 1. The third-order valence-electron chi connectivity index (χ3n) is 3.77. The third kappa shape index (κ3) is 1.81. The predicted octanol–water partition coefficient (Wildman–Crippen LogP) is 2.32. The zero-order chi connectivity index (χ0) is 14.5. The molecule has 1 aliphatic heterocycles. The molecule has 0 bridgehead atoms. The van der Waals surface area contributed by atoms with Crippen LogP contribution in [0.5, 0.6) is 0 Å². The zero-order valence-corrected chi connectivity index (χ0v) is 12.1. The Hall–Kier alpha value is -2.17. The second-order valence-electron chi connectivity index (χ2n) is 6.04. The fraction of sp³-hybridized carbons (Fsp3) is 0.400. The van der Waals surface area contributed by atoms with Crippen molar-refractivity contribution in [2.45, 2.75) is 33.6 Å². The maximum absolute atomic E-state index is 11.8. The van der Waals surface area contributed by atoms with Gasteiger partial charge in [-0.1, -0.05) is 13.8 Å². The zero-order valence-electron chi connectivity index (χ0n) is 12.1. The average molecular weight is 270 g/mol. The highest BCUT2D eigenvalue weighted by Gasteiger charge is 2.39. The Labute approximate surface area is 117 Å². The van der Waals surface area contributed by atoms with Crippen molar-refractivity contribution in [3.05, 3.63) is 35.7 Å². The largest absolute Gasteiger partial charge is 0.272 e. The molecule has 104 valence electrons. The lowest BCUT2D eigenvalue weighted by Crippen LogP contribution is -2.32. The molecule has 3 heterocycles. The normalized spacial score (nSPS) is 17.6. The molecule has 5 nitrogen and oxygen atoms in total. The van der Waals surface area contributed by atoms with Crippen LogP contribution in [0.1, 0.15) is 44.9 Å². The first-order chi connectivity index (χ1) is 9.39. The lowest BCUT2D eigenvalue weighted by atomic mass is 9.84. The van der Waals surface area contributed by atoms with Gasteiger partial charge >= 0.3 is 0 Å². The number of fused-ring (bicyclic) bond motifs is 1. The van der Waals surface area contributed by atoms with Gasteiger partial charge in [0.15, 0.2) is 0 Å². The van der Waals surface area contributed by atoms with Gasteiger partial charge in [-0.2, -0.15) is 10.2 Å². The molecule has 0 atom stereocenters. The Balaban J connectivity index is 2.08. The van der Waals surface area contributed by atoms with Crippen LogP contribution in [-0.4, -0.2) is 21.2 Å². The van der Waals surface area contributed by atoms with Gasteiger partial charge in [0.05, 0.1) is 22.3 Å². The van der Waals surface area contributed by atoms with E-state index in [0.717, 1.165) is 22.5 Å². The molecule has 0 saturated heterocycles. The Morgan fingerprint density at radius 1 is 1.30 bits per heavy atom. The van der Waals surface area contributed by atoms with Crippen LogP contribution < -0.4 is 5.43 Å². The molecule has 2 aromatic rings. The maximum Gasteiger partial charge on any atom is 0.251 e. The molecule has 0 saturated carbocycles. The van der Waals surface area contributed by atoms with Gasteiger partial charge in [-0.25, -0.2) is 9.94 Å². The van der Waals surface area contributed by atoms with Crippen LogP contribution in [0.4, 0.5) is 0 Å². The predicted molar refractivity (Wildman–Crippen MR) is 77.7 cm³/mol. The summed E-state index contributed by atoms with van der Waals surface area (Å²) in [4.78, 5) is 11.8. The average Bonchev–Trinajstić information content (AvgIpc) is 2.91. The van der Waals surface area contributed by atoms with Gasteiger partial charge in [0.2, 0.25) is 0 Å². The van der Waals surface area contributed by atoms with Crippen LogP contribution in [-0.2, 0) is 4.79 Å². The number of rotatable bonds is 2. The number of pyridine rings is 1. The van der Waals surface area contributed by atoms with Crippen LogP contribution in [0.25, 0.3) is 5.52 Å². The lowest BCUT2D eigenvalue weighted by molar-refractivity contribution is -0.125. The second kappa shape index (κ2) is 4.16. The topological polar surface area (TPSA) is 58.8 Å². The minimum atomic E-state index is -0.609. The molecule has 2 aromatic heterocycles. The van der Waals surface area contributed by atoms with E-state index in [1.54, 1.807) is 0 Å². The van der Waals surface area contributed by atoms with E-state index in [4.69, 9.17) is 0 Å². The highest BCUT2D eigenvalue weighted by atomic mass is 16.2. The van der Waals surface area contributed by atoms with Crippen molar-refractivity contribution < 1.29 is 4.79 Å². The van der Waals surface area contributed by atoms with Crippen LogP contribution >= 0.6 is 0 Å². The van der Waals surface area contributed by atoms with Gasteiger partial charge in [-0.05, 0) is 38.0 Å². The smallest absolute Gasteiger partial charge is 0.251 e. The van der Waals surface area contributed by atoms with E-state index in [9.17, 15) is 4.79 Å². The molecule has 20 heavy (non-hydrogen) atoms. The summed E-state index contributed by atoms with van der Waals surface area (Å²) in [7, 11) is 0. The van der Waals surface area contributed by atoms with Gasteiger partial charge in [0.25, 0.3) is 5.91 Å². The van der Waals surface area contributed by atoms with E-state index in [2.05, 4.69) is 35.5 Å². The lowest BCUT2D eigenvalue weighted by Gasteiger charge is -2.16. The molecular weight excluding hydrogens is 252 g/mol. The minimum Gasteiger partial charge on any atom is -0.272 e. The molecule has 1 N–H and O–H groups in total.